The number of carbonyl (C=O) groups excluding carboxylic acids is 1. The molecule has 5 rings (SSSR count). The van der Waals surface area contributed by atoms with E-state index >= 15 is 0 Å². The quantitative estimate of drug-likeness (QED) is 0.318. The number of para-hydroxylation sites is 1. The molecule has 4 aromatic rings. The third-order valence-corrected chi connectivity index (χ3v) is 6.81. The summed E-state index contributed by atoms with van der Waals surface area (Å²) in [5, 5.41) is 13.3. The molecule has 3 N–H and O–H groups in total. The normalized spacial score (nSPS) is 13.5. The largest absolute Gasteiger partial charge is 0.480 e. The van der Waals surface area contributed by atoms with E-state index < -0.39 is 18.1 Å². The van der Waals surface area contributed by atoms with Gasteiger partial charge in [-0.25, -0.2) is 9.59 Å². The Morgan fingerprint density at radius 1 is 0.971 bits per heavy atom. The van der Waals surface area contributed by atoms with Crippen molar-refractivity contribution in [2.45, 2.75) is 38.1 Å². The number of carboxylic acids is 1. The molecular formula is C29H28N2O4. The molecule has 3 aromatic carbocycles. The second-order valence-corrected chi connectivity index (χ2v) is 9.30. The van der Waals surface area contributed by atoms with Gasteiger partial charge in [0, 0.05) is 29.4 Å². The number of fused-ring (bicyclic) bond motifs is 4. The lowest BCUT2D eigenvalue weighted by Crippen LogP contribution is -2.42. The number of carboxylic acid groups (broad SMARTS) is 1. The molecule has 1 heterocycles. The lowest BCUT2D eigenvalue weighted by atomic mass is 9.98. The minimum absolute atomic E-state index is 0.0838. The zero-order valence-electron chi connectivity index (χ0n) is 19.7. The van der Waals surface area contributed by atoms with Crippen LogP contribution in [0.5, 0.6) is 0 Å². The molecule has 0 fully saturated rings. The third-order valence-electron chi connectivity index (χ3n) is 6.81. The zero-order valence-corrected chi connectivity index (χ0v) is 19.7. The number of aromatic nitrogens is 1. The van der Waals surface area contributed by atoms with Gasteiger partial charge in [-0.3, -0.25) is 0 Å². The fourth-order valence-corrected chi connectivity index (χ4v) is 5.09. The molecule has 1 aliphatic carbocycles. The first-order valence-electron chi connectivity index (χ1n) is 11.9. The summed E-state index contributed by atoms with van der Waals surface area (Å²) >= 11 is 0. The minimum Gasteiger partial charge on any atom is -0.480 e. The van der Waals surface area contributed by atoms with Gasteiger partial charge in [-0.05, 0) is 39.3 Å². The van der Waals surface area contributed by atoms with Gasteiger partial charge in [0.25, 0.3) is 0 Å². The summed E-state index contributed by atoms with van der Waals surface area (Å²) in [5.41, 5.74) is 7.51. The van der Waals surface area contributed by atoms with E-state index in [-0.39, 0.29) is 18.9 Å². The molecule has 1 amide bonds. The SMILES string of the molecule is CC(C)c1cccc2c(C[C@H](NC(=O)OCC3c4ccccc4-c4ccccc43)C(=O)O)c[nH]c12. The number of hydrogen-bond donors (Lipinski definition) is 3. The van der Waals surface area contributed by atoms with Crippen LogP contribution in [0.3, 0.4) is 0 Å². The molecule has 0 radical (unpaired) electrons. The van der Waals surface area contributed by atoms with Crippen LogP contribution in [-0.4, -0.2) is 34.8 Å². The molecule has 0 spiro atoms. The van der Waals surface area contributed by atoms with Gasteiger partial charge in [0.05, 0.1) is 0 Å². The van der Waals surface area contributed by atoms with Crippen molar-refractivity contribution >= 4 is 23.0 Å². The predicted molar refractivity (Wildman–Crippen MR) is 136 cm³/mol. The highest BCUT2D eigenvalue weighted by atomic mass is 16.5. The lowest BCUT2D eigenvalue weighted by Gasteiger charge is -2.17. The van der Waals surface area contributed by atoms with Gasteiger partial charge in [-0.2, -0.15) is 0 Å². The number of ether oxygens (including phenoxy) is 1. The minimum atomic E-state index is -1.10. The lowest BCUT2D eigenvalue weighted by molar-refractivity contribution is -0.139. The van der Waals surface area contributed by atoms with Gasteiger partial charge in [-0.1, -0.05) is 80.6 Å². The molecule has 35 heavy (non-hydrogen) atoms. The average Bonchev–Trinajstić information content (AvgIpc) is 3.41. The van der Waals surface area contributed by atoms with E-state index in [0.717, 1.165) is 38.7 Å². The summed E-state index contributed by atoms with van der Waals surface area (Å²) in [5.74, 6) is -0.855. The van der Waals surface area contributed by atoms with Crippen LogP contribution in [0.15, 0.2) is 72.9 Å². The van der Waals surface area contributed by atoms with E-state index in [1.165, 1.54) is 5.56 Å². The molecule has 6 nitrogen and oxygen atoms in total. The summed E-state index contributed by atoms with van der Waals surface area (Å²) in [6.07, 6.45) is 1.24. The summed E-state index contributed by atoms with van der Waals surface area (Å²) in [4.78, 5) is 27.9. The number of benzene rings is 3. The van der Waals surface area contributed by atoms with E-state index in [1.54, 1.807) is 0 Å². The number of nitrogens with one attached hydrogen (secondary N) is 2. The van der Waals surface area contributed by atoms with Crippen molar-refractivity contribution in [1.29, 1.82) is 0 Å². The second kappa shape index (κ2) is 9.29. The molecule has 0 saturated carbocycles. The van der Waals surface area contributed by atoms with Crippen LogP contribution >= 0.6 is 0 Å². The van der Waals surface area contributed by atoms with Crippen LogP contribution in [0.2, 0.25) is 0 Å². The number of hydrogen-bond acceptors (Lipinski definition) is 3. The monoisotopic (exact) mass is 468 g/mol. The molecule has 1 aliphatic rings. The van der Waals surface area contributed by atoms with E-state index in [0.29, 0.717) is 5.92 Å². The molecule has 1 aromatic heterocycles. The first kappa shape index (κ1) is 22.7. The van der Waals surface area contributed by atoms with Gasteiger partial charge in [0.1, 0.15) is 12.6 Å². The Balaban J connectivity index is 1.29. The fraction of sp³-hybridized carbons (Fsp3) is 0.241. The van der Waals surface area contributed by atoms with Gasteiger partial charge in [0.2, 0.25) is 0 Å². The Morgan fingerprint density at radius 3 is 2.26 bits per heavy atom. The molecule has 178 valence electrons. The molecule has 6 heteroatoms. The Bertz CT molecular complexity index is 1360. The van der Waals surface area contributed by atoms with Crippen molar-refractivity contribution in [3.05, 3.63) is 95.2 Å². The highest BCUT2D eigenvalue weighted by Crippen LogP contribution is 2.44. The summed E-state index contributed by atoms with van der Waals surface area (Å²) < 4.78 is 5.56. The van der Waals surface area contributed by atoms with Crippen LogP contribution in [0, 0.1) is 0 Å². The Labute approximate surface area is 203 Å². The molecule has 0 aliphatic heterocycles. The number of H-pyrrole nitrogens is 1. The number of aromatic amines is 1. The summed E-state index contributed by atoms with van der Waals surface area (Å²) in [7, 11) is 0. The second-order valence-electron chi connectivity index (χ2n) is 9.30. The first-order chi connectivity index (χ1) is 16.9. The van der Waals surface area contributed by atoms with E-state index in [1.807, 2.05) is 54.7 Å². The Morgan fingerprint density at radius 2 is 1.63 bits per heavy atom. The van der Waals surface area contributed by atoms with Crippen molar-refractivity contribution in [2.75, 3.05) is 6.61 Å². The number of alkyl carbamates (subject to hydrolysis) is 1. The smallest absolute Gasteiger partial charge is 0.407 e. The average molecular weight is 469 g/mol. The number of aliphatic carboxylic acids is 1. The number of amides is 1. The van der Waals surface area contributed by atoms with Crippen LogP contribution in [-0.2, 0) is 16.0 Å². The Kier molecular flexibility index (Phi) is 6.03. The van der Waals surface area contributed by atoms with Crippen molar-refractivity contribution in [3.63, 3.8) is 0 Å². The summed E-state index contributed by atoms with van der Waals surface area (Å²) in [6.45, 7) is 4.37. The van der Waals surface area contributed by atoms with Crippen molar-refractivity contribution in [1.82, 2.24) is 10.3 Å². The third kappa shape index (κ3) is 4.28. The maximum absolute atomic E-state index is 12.7. The van der Waals surface area contributed by atoms with Crippen LogP contribution < -0.4 is 5.32 Å². The molecule has 0 bridgehead atoms. The van der Waals surface area contributed by atoms with Crippen LogP contribution in [0.25, 0.3) is 22.0 Å². The van der Waals surface area contributed by atoms with Gasteiger partial charge < -0.3 is 20.1 Å². The highest BCUT2D eigenvalue weighted by Gasteiger charge is 2.30. The predicted octanol–water partition coefficient (Wildman–Crippen LogP) is 5.83. The first-order valence-corrected chi connectivity index (χ1v) is 11.9. The van der Waals surface area contributed by atoms with E-state index in [9.17, 15) is 14.7 Å². The maximum Gasteiger partial charge on any atom is 0.407 e. The number of rotatable bonds is 7. The maximum atomic E-state index is 12.7. The van der Waals surface area contributed by atoms with Gasteiger partial charge in [0.15, 0.2) is 0 Å². The number of carbonyl (C=O) groups is 2. The highest BCUT2D eigenvalue weighted by molar-refractivity contribution is 5.88. The van der Waals surface area contributed by atoms with Crippen LogP contribution in [0.4, 0.5) is 4.79 Å². The topological polar surface area (TPSA) is 91.4 Å². The zero-order chi connectivity index (χ0) is 24.5. The van der Waals surface area contributed by atoms with Crippen molar-refractivity contribution < 1.29 is 19.4 Å². The fourth-order valence-electron chi connectivity index (χ4n) is 5.09. The van der Waals surface area contributed by atoms with Crippen LogP contribution in [0.1, 0.15) is 47.9 Å². The molecule has 0 saturated heterocycles. The molecule has 0 unspecified atom stereocenters. The van der Waals surface area contributed by atoms with E-state index in [2.05, 4.69) is 42.3 Å². The summed E-state index contributed by atoms with van der Waals surface area (Å²) in [6, 6.07) is 21.1. The van der Waals surface area contributed by atoms with E-state index in [4.69, 9.17) is 4.74 Å². The van der Waals surface area contributed by atoms with Gasteiger partial charge in [-0.15, -0.1) is 0 Å². The molecule has 1 atom stereocenters. The van der Waals surface area contributed by atoms with Crippen molar-refractivity contribution in [3.8, 4) is 11.1 Å². The standard InChI is InChI=1S/C29H28N2O4/c1-17(2)19-12-7-13-20-18(15-30-27(19)20)14-26(28(32)33)31-29(34)35-16-25-23-10-5-3-8-21(23)22-9-4-6-11-24(22)25/h3-13,15,17,25-26,30H,14,16H2,1-2H3,(H,31,34)(H,32,33)/t26-/m0/s1. The molecular weight excluding hydrogens is 440 g/mol. The van der Waals surface area contributed by atoms with Gasteiger partial charge >= 0.3 is 12.1 Å². The Hall–Kier alpha value is -4.06. The van der Waals surface area contributed by atoms with Crippen molar-refractivity contribution in [2.24, 2.45) is 0 Å².